The number of aromatic amines is 1. The van der Waals surface area contributed by atoms with Crippen LogP contribution in [0, 0.1) is 0 Å². The molecule has 226 valence electrons. The van der Waals surface area contributed by atoms with Crippen molar-refractivity contribution in [3.05, 3.63) is 166 Å². The van der Waals surface area contributed by atoms with Gasteiger partial charge in [-0.05, 0) is 22.3 Å². The minimum absolute atomic E-state index is 0.0459. The highest BCUT2D eigenvalue weighted by atomic mass is 16.6. The van der Waals surface area contributed by atoms with Crippen molar-refractivity contribution < 1.29 is 19.7 Å². The van der Waals surface area contributed by atoms with Crippen LogP contribution in [0.2, 0.25) is 0 Å². The molecule has 0 spiro atoms. The topological polar surface area (TPSA) is 122 Å². The predicted octanol–water partition coefficient (Wildman–Crippen LogP) is 4.34. The number of nitrogens with one attached hydrogen (secondary N) is 1. The maximum atomic E-state index is 13.3. The van der Waals surface area contributed by atoms with Gasteiger partial charge in [0.1, 0.15) is 42.2 Å². The van der Waals surface area contributed by atoms with Crippen molar-refractivity contribution in [1.82, 2.24) is 19.5 Å². The Bertz CT molecular complexity index is 1830. The zero-order valence-electron chi connectivity index (χ0n) is 24.3. The van der Waals surface area contributed by atoms with Crippen LogP contribution in [0.3, 0.4) is 0 Å². The van der Waals surface area contributed by atoms with Gasteiger partial charge in [-0.3, -0.25) is 9.36 Å². The number of H-pyrrole nitrogens is 1. The summed E-state index contributed by atoms with van der Waals surface area (Å²) in [5.74, 6) is 0.210. The van der Waals surface area contributed by atoms with E-state index in [1.54, 1.807) is 0 Å². The van der Waals surface area contributed by atoms with E-state index < -0.39 is 30.0 Å². The second-order valence-corrected chi connectivity index (χ2v) is 11.2. The molecule has 9 nitrogen and oxygen atoms in total. The molecule has 4 aromatic carbocycles. The first kappa shape index (κ1) is 28.8. The molecule has 0 aliphatic carbocycles. The normalized spacial score (nSPS) is 20.0. The fourth-order valence-electron chi connectivity index (χ4n) is 6.06. The molecule has 0 amide bonds. The molecule has 4 atom stereocenters. The lowest BCUT2D eigenvalue weighted by molar-refractivity contribution is -0.0836. The standard InChI is InChI=1S/C36H32N4O5/c41-30-28(22-44-36(25-15-7-2-8-16-25,26-17-9-3-10-18-26)27-19-11-4-12-20-27)45-32(31(30)42)34-38-29-33(39-34)37-23-40(35(29)43)21-24-13-5-1-6-14-24/h1-20,23,28,30-32,41-42H,21-22H2,(H,38,39)/t28-,30-,31-,32-/m1/s1. The smallest absolute Gasteiger partial charge is 0.279 e. The average molecular weight is 601 g/mol. The second kappa shape index (κ2) is 12.2. The summed E-state index contributed by atoms with van der Waals surface area (Å²) in [7, 11) is 0. The van der Waals surface area contributed by atoms with Gasteiger partial charge in [0, 0.05) is 0 Å². The second-order valence-electron chi connectivity index (χ2n) is 11.2. The van der Waals surface area contributed by atoms with Gasteiger partial charge in [-0.1, -0.05) is 121 Å². The largest absolute Gasteiger partial charge is 0.387 e. The van der Waals surface area contributed by atoms with Gasteiger partial charge in [-0.25, -0.2) is 9.97 Å². The summed E-state index contributed by atoms with van der Waals surface area (Å²) >= 11 is 0. The molecule has 1 aliphatic heterocycles. The van der Waals surface area contributed by atoms with Crippen LogP contribution in [0.1, 0.15) is 34.2 Å². The lowest BCUT2D eigenvalue weighted by Gasteiger charge is -2.37. The molecule has 3 N–H and O–H groups in total. The quantitative estimate of drug-likeness (QED) is 0.211. The van der Waals surface area contributed by atoms with Crippen molar-refractivity contribution in [2.75, 3.05) is 6.61 Å². The molecular formula is C36H32N4O5. The Balaban J connectivity index is 1.18. The fraction of sp³-hybridized carbons (Fsp3) is 0.194. The fourth-order valence-corrected chi connectivity index (χ4v) is 6.06. The molecule has 3 heterocycles. The van der Waals surface area contributed by atoms with Crippen molar-refractivity contribution in [1.29, 1.82) is 0 Å². The summed E-state index contributed by atoms with van der Waals surface area (Å²) in [5, 5.41) is 22.3. The minimum atomic E-state index is -1.31. The van der Waals surface area contributed by atoms with Gasteiger partial charge in [0.25, 0.3) is 5.56 Å². The van der Waals surface area contributed by atoms with E-state index in [1.807, 2.05) is 121 Å². The van der Waals surface area contributed by atoms with Crippen LogP contribution in [0.4, 0.5) is 0 Å². The highest BCUT2D eigenvalue weighted by Crippen LogP contribution is 2.42. The number of benzene rings is 4. The summed E-state index contributed by atoms with van der Waals surface area (Å²) in [5.41, 5.74) is 2.76. The summed E-state index contributed by atoms with van der Waals surface area (Å²) in [6.07, 6.45) is -3.05. The van der Waals surface area contributed by atoms with Crippen LogP contribution in [-0.4, -0.2) is 54.7 Å². The number of ether oxygens (including phenoxy) is 2. The molecule has 1 aliphatic rings. The van der Waals surface area contributed by atoms with Crippen molar-refractivity contribution in [3.8, 4) is 0 Å². The third-order valence-electron chi connectivity index (χ3n) is 8.33. The first-order valence-electron chi connectivity index (χ1n) is 14.9. The Kier molecular flexibility index (Phi) is 7.83. The maximum absolute atomic E-state index is 13.3. The van der Waals surface area contributed by atoms with Gasteiger partial charge in [0.05, 0.1) is 13.2 Å². The summed E-state index contributed by atoms with van der Waals surface area (Å²) in [4.78, 5) is 25.1. The lowest BCUT2D eigenvalue weighted by atomic mass is 9.80. The molecular weight excluding hydrogens is 568 g/mol. The van der Waals surface area contributed by atoms with Crippen LogP contribution in [-0.2, 0) is 21.6 Å². The van der Waals surface area contributed by atoms with E-state index in [-0.39, 0.29) is 29.2 Å². The average Bonchev–Trinajstić information content (AvgIpc) is 3.65. The Labute approximate surface area is 259 Å². The van der Waals surface area contributed by atoms with Crippen LogP contribution in [0.5, 0.6) is 0 Å². The molecule has 0 bridgehead atoms. The number of imidazole rings is 1. The lowest BCUT2D eigenvalue weighted by Crippen LogP contribution is -2.39. The van der Waals surface area contributed by atoms with Gasteiger partial charge in [-0.15, -0.1) is 0 Å². The molecule has 0 unspecified atom stereocenters. The molecule has 45 heavy (non-hydrogen) atoms. The number of fused-ring (bicyclic) bond motifs is 1. The predicted molar refractivity (Wildman–Crippen MR) is 168 cm³/mol. The van der Waals surface area contributed by atoms with Crippen LogP contribution < -0.4 is 5.56 Å². The molecule has 1 saturated heterocycles. The van der Waals surface area contributed by atoms with Gasteiger partial charge >= 0.3 is 0 Å². The molecule has 0 radical (unpaired) electrons. The number of aliphatic hydroxyl groups is 2. The Hall–Kier alpha value is -4.93. The number of aliphatic hydroxyl groups excluding tert-OH is 2. The number of aromatic nitrogens is 4. The van der Waals surface area contributed by atoms with E-state index in [1.165, 1.54) is 10.9 Å². The Morgan fingerprint density at radius 2 is 1.31 bits per heavy atom. The number of hydrogen-bond acceptors (Lipinski definition) is 7. The van der Waals surface area contributed by atoms with Crippen molar-refractivity contribution in [2.24, 2.45) is 0 Å². The van der Waals surface area contributed by atoms with Gasteiger partial charge in [-0.2, -0.15) is 0 Å². The number of rotatable bonds is 9. The summed E-state index contributed by atoms with van der Waals surface area (Å²) < 4.78 is 14.5. The van der Waals surface area contributed by atoms with Gasteiger partial charge in [0.15, 0.2) is 11.2 Å². The van der Waals surface area contributed by atoms with Crippen molar-refractivity contribution >= 4 is 11.2 Å². The zero-order chi connectivity index (χ0) is 30.8. The van der Waals surface area contributed by atoms with E-state index >= 15 is 0 Å². The minimum Gasteiger partial charge on any atom is -0.387 e. The van der Waals surface area contributed by atoms with Crippen LogP contribution in [0.25, 0.3) is 11.2 Å². The SMILES string of the molecule is O=c1c2[nH]c([C@@H]3O[C@H](COC(c4ccccc4)(c4ccccc4)c4ccccc4)[C@@H](O)[C@H]3O)nc2ncn1Cc1ccccc1. The Morgan fingerprint density at radius 1 is 0.778 bits per heavy atom. The first-order chi connectivity index (χ1) is 22.0. The van der Waals surface area contributed by atoms with Crippen LogP contribution in [0.15, 0.2) is 132 Å². The highest BCUT2D eigenvalue weighted by molar-refractivity contribution is 5.69. The van der Waals surface area contributed by atoms with E-state index in [4.69, 9.17) is 9.47 Å². The molecule has 7 rings (SSSR count). The third kappa shape index (κ3) is 5.36. The molecule has 0 saturated carbocycles. The first-order valence-corrected chi connectivity index (χ1v) is 14.9. The van der Waals surface area contributed by atoms with Gasteiger partial charge in [0.2, 0.25) is 0 Å². The third-order valence-corrected chi connectivity index (χ3v) is 8.33. The van der Waals surface area contributed by atoms with Crippen molar-refractivity contribution in [3.63, 3.8) is 0 Å². The van der Waals surface area contributed by atoms with E-state index in [9.17, 15) is 15.0 Å². The number of hydrogen-bond donors (Lipinski definition) is 3. The molecule has 1 fully saturated rings. The van der Waals surface area contributed by atoms with Crippen molar-refractivity contribution in [2.45, 2.75) is 36.6 Å². The van der Waals surface area contributed by atoms with E-state index in [0.29, 0.717) is 6.54 Å². The maximum Gasteiger partial charge on any atom is 0.279 e. The Morgan fingerprint density at radius 3 is 1.87 bits per heavy atom. The number of nitrogens with zero attached hydrogens (tertiary/aromatic N) is 3. The highest BCUT2D eigenvalue weighted by Gasteiger charge is 2.47. The monoisotopic (exact) mass is 600 g/mol. The van der Waals surface area contributed by atoms with Gasteiger partial charge < -0.3 is 24.7 Å². The van der Waals surface area contributed by atoms with Crippen LogP contribution >= 0.6 is 0 Å². The summed E-state index contributed by atoms with van der Waals surface area (Å²) in [6.45, 7) is 0.305. The molecule has 9 heteroatoms. The van der Waals surface area contributed by atoms with E-state index in [2.05, 4.69) is 15.0 Å². The molecule has 2 aromatic heterocycles. The zero-order valence-corrected chi connectivity index (χ0v) is 24.3. The summed E-state index contributed by atoms with van der Waals surface area (Å²) in [6, 6.07) is 39.3. The van der Waals surface area contributed by atoms with E-state index in [0.717, 1.165) is 22.3 Å². The molecule has 6 aromatic rings.